The highest BCUT2D eigenvalue weighted by atomic mass is 35.5. The number of nitrogens with zero attached hydrogens (tertiary/aromatic N) is 1. The summed E-state index contributed by atoms with van der Waals surface area (Å²) in [5.74, 6) is 0.00312. The molecular formula is C13H16ClNO. The Morgan fingerprint density at radius 2 is 2.19 bits per heavy atom. The number of carbonyl (C=O) groups excluding carboxylic acids is 1. The maximum atomic E-state index is 11.8. The Bertz CT molecular complexity index is 403. The fourth-order valence-electron chi connectivity index (χ4n) is 2.37. The molecule has 2 rings (SSSR count). The Balaban J connectivity index is 2.22. The van der Waals surface area contributed by atoms with Gasteiger partial charge in [-0.1, -0.05) is 24.3 Å². The lowest BCUT2D eigenvalue weighted by molar-refractivity contribution is -0.131. The van der Waals surface area contributed by atoms with Gasteiger partial charge in [-0.3, -0.25) is 4.79 Å². The zero-order valence-electron chi connectivity index (χ0n) is 9.61. The van der Waals surface area contributed by atoms with E-state index in [0.717, 1.165) is 12.8 Å². The topological polar surface area (TPSA) is 20.3 Å². The zero-order chi connectivity index (χ0) is 11.7. The monoisotopic (exact) mass is 237 g/mol. The number of fused-ring (bicyclic) bond motifs is 1. The molecule has 0 N–H and O–H groups in total. The number of hydrogen-bond acceptors (Lipinski definition) is 1. The van der Waals surface area contributed by atoms with E-state index in [1.165, 1.54) is 11.1 Å². The smallest absolute Gasteiger partial charge is 0.240 e. The Morgan fingerprint density at radius 3 is 2.88 bits per heavy atom. The highest BCUT2D eigenvalue weighted by Crippen LogP contribution is 2.35. The third-order valence-electron chi connectivity index (χ3n) is 3.26. The summed E-state index contributed by atoms with van der Waals surface area (Å²) in [6, 6.07) is 8.52. The van der Waals surface area contributed by atoms with E-state index in [-0.39, 0.29) is 11.9 Å². The van der Waals surface area contributed by atoms with Crippen LogP contribution >= 0.6 is 11.6 Å². The third kappa shape index (κ3) is 1.94. The minimum Gasteiger partial charge on any atom is -0.337 e. The van der Waals surface area contributed by atoms with E-state index in [4.69, 9.17) is 11.6 Å². The molecule has 0 aliphatic heterocycles. The summed E-state index contributed by atoms with van der Waals surface area (Å²) in [5.41, 5.74) is 2.63. The molecular weight excluding hydrogens is 222 g/mol. The Kier molecular flexibility index (Phi) is 3.20. The maximum Gasteiger partial charge on any atom is 0.240 e. The Hall–Kier alpha value is -1.02. The quantitative estimate of drug-likeness (QED) is 0.725. The molecule has 0 bridgehead atoms. The van der Waals surface area contributed by atoms with Crippen LogP contribution in [0.1, 0.15) is 30.5 Å². The lowest BCUT2D eigenvalue weighted by Crippen LogP contribution is -2.34. The van der Waals surface area contributed by atoms with Gasteiger partial charge in [-0.2, -0.15) is 0 Å². The van der Waals surface area contributed by atoms with E-state index in [1.54, 1.807) is 11.8 Å². The van der Waals surface area contributed by atoms with Crippen LogP contribution in [0.15, 0.2) is 24.3 Å². The van der Waals surface area contributed by atoms with E-state index in [2.05, 4.69) is 12.1 Å². The average Bonchev–Trinajstić information content (AvgIpc) is 2.70. The molecule has 0 spiro atoms. The standard InChI is InChI=1S/C13H16ClNO/c1-9(14)13(16)15(2)12-8-7-10-5-3-4-6-11(10)12/h3-6,9,12H,7-8H2,1-2H3. The Labute approximate surface area is 101 Å². The molecule has 0 saturated heterocycles. The number of alkyl halides is 1. The highest BCUT2D eigenvalue weighted by molar-refractivity contribution is 6.30. The summed E-state index contributed by atoms with van der Waals surface area (Å²) >= 11 is 5.84. The van der Waals surface area contributed by atoms with Crippen molar-refractivity contribution in [3.8, 4) is 0 Å². The van der Waals surface area contributed by atoms with E-state index >= 15 is 0 Å². The molecule has 16 heavy (non-hydrogen) atoms. The predicted octanol–water partition coefficient (Wildman–Crippen LogP) is 2.76. The van der Waals surface area contributed by atoms with Crippen LogP contribution in [0.3, 0.4) is 0 Å². The largest absolute Gasteiger partial charge is 0.337 e. The van der Waals surface area contributed by atoms with E-state index in [9.17, 15) is 4.79 Å². The number of benzene rings is 1. The van der Waals surface area contributed by atoms with Gasteiger partial charge in [-0.25, -0.2) is 0 Å². The molecule has 0 aromatic heterocycles. The number of amides is 1. The van der Waals surface area contributed by atoms with Gasteiger partial charge in [0.1, 0.15) is 5.38 Å². The van der Waals surface area contributed by atoms with Crippen LogP contribution in [0.4, 0.5) is 0 Å². The lowest BCUT2D eigenvalue weighted by Gasteiger charge is -2.26. The molecule has 1 aliphatic rings. The van der Waals surface area contributed by atoms with Gasteiger partial charge in [0.25, 0.3) is 0 Å². The van der Waals surface area contributed by atoms with Gasteiger partial charge in [-0.15, -0.1) is 11.6 Å². The molecule has 2 nitrogen and oxygen atoms in total. The molecule has 0 radical (unpaired) electrons. The van der Waals surface area contributed by atoms with Crippen molar-refractivity contribution in [2.24, 2.45) is 0 Å². The van der Waals surface area contributed by atoms with Crippen LogP contribution in [0.5, 0.6) is 0 Å². The number of hydrogen-bond donors (Lipinski definition) is 0. The second kappa shape index (κ2) is 4.46. The molecule has 2 atom stereocenters. The lowest BCUT2D eigenvalue weighted by atomic mass is 10.1. The highest BCUT2D eigenvalue weighted by Gasteiger charge is 2.29. The van der Waals surface area contributed by atoms with Gasteiger partial charge in [-0.05, 0) is 30.9 Å². The molecule has 1 amide bonds. The first-order valence-corrected chi connectivity index (χ1v) is 6.03. The summed E-state index contributed by atoms with van der Waals surface area (Å²) < 4.78 is 0. The van der Waals surface area contributed by atoms with Crippen LogP contribution in [0.25, 0.3) is 0 Å². The van der Waals surface area contributed by atoms with E-state index in [1.807, 2.05) is 19.2 Å². The molecule has 86 valence electrons. The summed E-state index contributed by atoms with van der Waals surface area (Å²) in [5, 5.41) is -0.447. The van der Waals surface area contributed by atoms with E-state index < -0.39 is 5.38 Å². The Morgan fingerprint density at radius 1 is 1.50 bits per heavy atom. The van der Waals surface area contributed by atoms with Gasteiger partial charge < -0.3 is 4.90 Å². The second-order valence-corrected chi connectivity index (χ2v) is 4.97. The molecule has 1 aromatic rings. The summed E-state index contributed by atoms with van der Waals surface area (Å²) in [7, 11) is 1.84. The van der Waals surface area contributed by atoms with Crippen LogP contribution in [0, 0.1) is 0 Å². The summed E-state index contributed by atoms with van der Waals surface area (Å²) in [6.07, 6.45) is 2.06. The van der Waals surface area contributed by atoms with Crippen LogP contribution in [-0.2, 0) is 11.2 Å². The van der Waals surface area contributed by atoms with Crippen molar-refractivity contribution in [3.05, 3.63) is 35.4 Å². The van der Waals surface area contributed by atoms with Gasteiger partial charge in [0, 0.05) is 7.05 Å². The van der Waals surface area contributed by atoms with Crippen molar-refractivity contribution in [1.29, 1.82) is 0 Å². The van der Waals surface area contributed by atoms with Gasteiger partial charge in [0.15, 0.2) is 0 Å². The minimum atomic E-state index is -0.447. The molecule has 1 aliphatic carbocycles. The van der Waals surface area contributed by atoms with Crippen molar-refractivity contribution in [3.63, 3.8) is 0 Å². The van der Waals surface area contributed by atoms with Gasteiger partial charge >= 0.3 is 0 Å². The SMILES string of the molecule is CC(Cl)C(=O)N(C)C1CCc2ccccc21. The first-order valence-electron chi connectivity index (χ1n) is 5.60. The molecule has 2 unspecified atom stereocenters. The third-order valence-corrected chi connectivity index (χ3v) is 3.44. The van der Waals surface area contributed by atoms with Crippen LogP contribution < -0.4 is 0 Å². The van der Waals surface area contributed by atoms with Crippen LogP contribution in [-0.4, -0.2) is 23.2 Å². The average molecular weight is 238 g/mol. The molecule has 0 fully saturated rings. The number of halogens is 1. The number of aryl methyl sites for hydroxylation is 1. The molecule has 3 heteroatoms. The summed E-state index contributed by atoms with van der Waals surface area (Å²) in [4.78, 5) is 13.6. The van der Waals surface area contributed by atoms with Crippen molar-refractivity contribution >= 4 is 17.5 Å². The van der Waals surface area contributed by atoms with Crippen LogP contribution in [0.2, 0.25) is 0 Å². The molecule has 0 heterocycles. The fraction of sp³-hybridized carbons (Fsp3) is 0.462. The van der Waals surface area contributed by atoms with Gasteiger partial charge in [0.2, 0.25) is 5.91 Å². The van der Waals surface area contributed by atoms with E-state index in [0.29, 0.717) is 0 Å². The fourth-order valence-corrected chi connectivity index (χ4v) is 2.53. The minimum absolute atomic E-state index is 0.00312. The first-order chi connectivity index (χ1) is 7.61. The normalized spacial score (nSPS) is 20.3. The van der Waals surface area contributed by atoms with Crippen molar-refractivity contribution < 1.29 is 4.79 Å². The zero-order valence-corrected chi connectivity index (χ0v) is 10.4. The second-order valence-electron chi connectivity index (χ2n) is 4.32. The number of carbonyl (C=O) groups is 1. The predicted molar refractivity (Wildman–Crippen MR) is 65.6 cm³/mol. The van der Waals surface area contributed by atoms with Crippen molar-refractivity contribution in [2.75, 3.05) is 7.05 Å². The number of rotatable bonds is 2. The molecule has 1 aromatic carbocycles. The summed E-state index contributed by atoms with van der Waals surface area (Å²) in [6.45, 7) is 1.72. The molecule has 0 saturated carbocycles. The maximum absolute atomic E-state index is 11.8. The first kappa shape index (κ1) is 11.5. The van der Waals surface area contributed by atoms with Crippen molar-refractivity contribution in [2.45, 2.75) is 31.2 Å². The van der Waals surface area contributed by atoms with Gasteiger partial charge in [0.05, 0.1) is 6.04 Å². The van der Waals surface area contributed by atoms with Crippen molar-refractivity contribution in [1.82, 2.24) is 4.90 Å².